The lowest BCUT2D eigenvalue weighted by Gasteiger charge is -2.31. The molecule has 2 aromatic rings. The first-order chi connectivity index (χ1) is 9.79. The number of nitrogens with one attached hydrogen (secondary N) is 1. The average Bonchev–Trinajstić information content (AvgIpc) is 2.54. The summed E-state index contributed by atoms with van der Waals surface area (Å²) in [4.78, 5) is 2.44. The van der Waals surface area contributed by atoms with E-state index in [0.717, 1.165) is 6.54 Å². The molecule has 1 atom stereocenters. The summed E-state index contributed by atoms with van der Waals surface area (Å²) in [7, 11) is 2.00. The first-order valence-corrected chi connectivity index (χ1v) is 7.42. The number of aryl methyl sites for hydroxylation is 1. The fourth-order valence-electron chi connectivity index (χ4n) is 2.91. The van der Waals surface area contributed by atoms with Crippen molar-refractivity contribution in [3.8, 4) is 0 Å². The van der Waals surface area contributed by atoms with Crippen molar-refractivity contribution in [2.24, 2.45) is 0 Å². The van der Waals surface area contributed by atoms with E-state index in [1.165, 1.54) is 35.3 Å². The molecule has 0 fully saturated rings. The second kappa shape index (κ2) is 5.68. The maximum Gasteiger partial charge on any atom is 0.0443 e. The molecule has 0 spiro atoms. The quantitative estimate of drug-likeness (QED) is 0.901. The molecule has 2 heteroatoms. The largest absolute Gasteiger partial charge is 0.341 e. The Morgan fingerprint density at radius 1 is 1.05 bits per heavy atom. The summed E-state index contributed by atoms with van der Waals surface area (Å²) < 4.78 is 0. The highest BCUT2D eigenvalue weighted by atomic mass is 15.1. The predicted molar refractivity (Wildman–Crippen MR) is 85.7 cm³/mol. The lowest BCUT2D eigenvalue weighted by Crippen LogP contribution is -2.24. The molecule has 0 bridgehead atoms. The molecule has 0 saturated heterocycles. The van der Waals surface area contributed by atoms with Gasteiger partial charge in [0.15, 0.2) is 0 Å². The summed E-state index contributed by atoms with van der Waals surface area (Å²) in [5.74, 6) is 0. The molecule has 1 N–H and O–H groups in total. The zero-order valence-electron chi connectivity index (χ0n) is 12.3. The summed E-state index contributed by atoms with van der Waals surface area (Å²) in [5.41, 5.74) is 5.46. The van der Waals surface area contributed by atoms with E-state index >= 15 is 0 Å². The molecule has 2 nitrogen and oxygen atoms in total. The second-order valence-corrected chi connectivity index (χ2v) is 5.49. The van der Waals surface area contributed by atoms with Crippen LogP contribution >= 0.6 is 0 Å². The van der Waals surface area contributed by atoms with E-state index in [2.05, 4.69) is 65.7 Å². The smallest absolute Gasteiger partial charge is 0.0443 e. The van der Waals surface area contributed by atoms with Crippen molar-refractivity contribution in [1.29, 1.82) is 0 Å². The molecule has 3 rings (SSSR count). The van der Waals surface area contributed by atoms with Crippen LogP contribution in [0.3, 0.4) is 0 Å². The lowest BCUT2D eigenvalue weighted by atomic mass is 10.0. The number of fused-ring (bicyclic) bond motifs is 1. The van der Waals surface area contributed by atoms with Crippen LogP contribution < -0.4 is 10.2 Å². The molecular formula is C18H22N2. The molecule has 20 heavy (non-hydrogen) atoms. The normalized spacial score (nSPS) is 15.8. The zero-order chi connectivity index (χ0) is 13.9. The van der Waals surface area contributed by atoms with Gasteiger partial charge in [-0.25, -0.2) is 0 Å². The van der Waals surface area contributed by atoms with E-state index in [-0.39, 0.29) is 0 Å². The van der Waals surface area contributed by atoms with Gasteiger partial charge in [0.2, 0.25) is 0 Å². The molecular weight excluding hydrogens is 244 g/mol. The van der Waals surface area contributed by atoms with E-state index in [4.69, 9.17) is 0 Å². The van der Waals surface area contributed by atoms with E-state index in [1.807, 2.05) is 7.05 Å². The molecule has 0 saturated carbocycles. The van der Waals surface area contributed by atoms with Gasteiger partial charge in [-0.05, 0) is 56.1 Å². The van der Waals surface area contributed by atoms with Crippen LogP contribution in [0.4, 0.5) is 11.4 Å². The van der Waals surface area contributed by atoms with Gasteiger partial charge in [-0.2, -0.15) is 0 Å². The van der Waals surface area contributed by atoms with E-state index in [0.29, 0.717) is 6.04 Å². The zero-order valence-corrected chi connectivity index (χ0v) is 12.3. The van der Waals surface area contributed by atoms with Gasteiger partial charge >= 0.3 is 0 Å². The maximum absolute atomic E-state index is 3.28. The van der Waals surface area contributed by atoms with E-state index in [1.54, 1.807) is 0 Å². The van der Waals surface area contributed by atoms with E-state index < -0.39 is 0 Å². The monoisotopic (exact) mass is 266 g/mol. The third-order valence-corrected chi connectivity index (χ3v) is 4.25. The number of hydrogen-bond donors (Lipinski definition) is 1. The van der Waals surface area contributed by atoms with Crippen molar-refractivity contribution in [2.45, 2.75) is 25.8 Å². The van der Waals surface area contributed by atoms with Crippen LogP contribution in [0.25, 0.3) is 0 Å². The van der Waals surface area contributed by atoms with Crippen molar-refractivity contribution < 1.29 is 0 Å². The molecule has 0 radical (unpaired) electrons. The number of rotatable bonds is 3. The van der Waals surface area contributed by atoms with Crippen LogP contribution in [-0.2, 0) is 6.42 Å². The highest BCUT2D eigenvalue weighted by Gasteiger charge is 2.17. The number of para-hydroxylation sites is 1. The molecule has 0 amide bonds. The fourth-order valence-corrected chi connectivity index (χ4v) is 2.91. The fraction of sp³-hybridized carbons (Fsp3) is 0.333. The van der Waals surface area contributed by atoms with Gasteiger partial charge in [-0.1, -0.05) is 30.3 Å². The molecule has 0 aliphatic carbocycles. The summed E-state index contributed by atoms with van der Waals surface area (Å²) in [6.45, 7) is 3.29. The van der Waals surface area contributed by atoms with Gasteiger partial charge in [0.25, 0.3) is 0 Å². The number of hydrogen-bond acceptors (Lipinski definition) is 2. The molecule has 1 aliphatic rings. The summed E-state index contributed by atoms with van der Waals surface area (Å²) >= 11 is 0. The number of anilines is 2. The first kappa shape index (κ1) is 13.2. The summed E-state index contributed by atoms with van der Waals surface area (Å²) in [6, 6.07) is 18.1. The third-order valence-electron chi connectivity index (χ3n) is 4.25. The molecule has 2 aromatic carbocycles. The van der Waals surface area contributed by atoms with Crippen molar-refractivity contribution in [3.05, 3.63) is 59.7 Å². The SMILES string of the molecule is CNC(C)c1ccc(N2CCCc3ccccc32)cc1. The Kier molecular flexibility index (Phi) is 3.75. The van der Waals surface area contributed by atoms with Crippen molar-refractivity contribution in [1.82, 2.24) is 5.32 Å². The topological polar surface area (TPSA) is 15.3 Å². The van der Waals surface area contributed by atoms with Crippen molar-refractivity contribution in [3.63, 3.8) is 0 Å². The van der Waals surface area contributed by atoms with Crippen molar-refractivity contribution in [2.75, 3.05) is 18.5 Å². The van der Waals surface area contributed by atoms with Crippen LogP contribution in [0.15, 0.2) is 48.5 Å². The van der Waals surface area contributed by atoms with Gasteiger partial charge in [0.1, 0.15) is 0 Å². The van der Waals surface area contributed by atoms with Crippen LogP contribution in [-0.4, -0.2) is 13.6 Å². The Hall–Kier alpha value is -1.80. The standard InChI is InChI=1S/C18H22N2/c1-14(19-2)15-9-11-17(12-10-15)20-13-5-7-16-6-3-4-8-18(16)20/h3-4,6,8-12,14,19H,5,7,13H2,1-2H3. The Morgan fingerprint density at radius 3 is 2.55 bits per heavy atom. The minimum atomic E-state index is 0.401. The predicted octanol–water partition coefficient (Wildman–Crippen LogP) is 4.05. The maximum atomic E-state index is 3.28. The van der Waals surface area contributed by atoms with Gasteiger partial charge in [0.05, 0.1) is 0 Å². The second-order valence-electron chi connectivity index (χ2n) is 5.49. The third kappa shape index (κ3) is 2.44. The molecule has 1 unspecified atom stereocenters. The van der Waals surface area contributed by atoms with E-state index in [9.17, 15) is 0 Å². The summed E-state index contributed by atoms with van der Waals surface area (Å²) in [6.07, 6.45) is 2.42. The Morgan fingerprint density at radius 2 is 1.80 bits per heavy atom. The average molecular weight is 266 g/mol. The Labute approximate surface area is 121 Å². The minimum absolute atomic E-state index is 0.401. The van der Waals surface area contributed by atoms with Gasteiger partial charge < -0.3 is 10.2 Å². The highest BCUT2D eigenvalue weighted by molar-refractivity contribution is 5.67. The number of benzene rings is 2. The lowest BCUT2D eigenvalue weighted by molar-refractivity contribution is 0.652. The highest BCUT2D eigenvalue weighted by Crippen LogP contribution is 2.33. The van der Waals surface area contributed by atoms with Gasteiger partial charge in [-0.15, -0.1) is 0 Å². The first-order valence-electron chi connectivity index (χ1n) is 7.42. The Balaban J connectivity index is 1.91. The molecule has 1 aliphatic heterocycles. The van der Waals surface area contributed by atoms with Crippen LogP contribution in [0, 0.1) is 0 Å². The van der Waals surface area contributed by atoms with Crippen LogP contribution in [0.2, 0.25) is 0 Å². The van der Waals surface area contributed by atoms with Gasteiger partial charge in [0, 0.05) is 24.0 Å². The summed E-state index contributed by atoms with van der Waals surface area (Å²) in [5, 5.41) is 3.28. The van der Waals surface area contributed by atoms with Crippen LogP contribution in [0.5, 0.6) is 0 Å². The number of nitrogens with zero attached hydrogens (tertiary/aromatic N) is 1. The van der Waals surface area contributed by atoms with Crippen LogP contribution in [0.1, 0.15) is 30.5 Å². The minimum Gasteiger partial charge on any atom is -0.341 e. The molecule has 104 valence electrons. The van der Waals surface area contributed by atoms with Crippen molar-refractivity contribution >= 4 is 11.4 Å². The molecule has 1 heterocycles. The molecule has 0 aromatic heterocycles. The van der Waals surface area contributed by atoms with Gasteiger partial charge in [-0.3, -0.25) is 0 Å². The Bertz CT molecular complexity index is 574.